The van der Waals surface area contributed by atoms with Gasteiger partial charge in [-0.15, -0.1) is 0 Å². The van der Waals surface area contributed by atoms with Gasteiger partial charge < -0.3 is 4.74 Å². The second-order valence-corrected chi connectivity index (χ2v) is 10.9. The number of ether oxygens (including phenoxy) is 1. The maximum atomic E-state index is 11.3. The first-order chi connectivity index (χ1) is 16.7. The van der Waals surface area contributed by atoms with Gasteiger partial charge in [0.15, 0.2) is 5.71 Å². The normalized spacial score (nSPS) is 19.9. The molecule has 1 atom stereocenters. The van der Waals surface area contributed by atoms with E-state index in [9.17, 15) is 13.0 Å². The van der Waals surface area contributed by atoms with Gasteiger partial charge in [0, 0.05) is 29.8 Å². The molecule has 0 saturated heterocycles. The number of allylic oxidation sites excluding steroid dienone is 8. The number of unbranched alkanes of at least 4 members (excludes halogenated alkanes) is 1. The van der Waals surface area contributed by atoms with Crippen LogP contribution in [0.15, 0.2) is 102 Å². The lowest BCUT2D eigenvalue weighted by Crippen LogP contribution is -2.31. The highest BCUT2D eigenvalue weighted by Crippen LogP contribution is 2.45. The Bertz CT molecular complexity index is 1340. The highest BCUT2D eigenvalue weighted by atomic mass is 32.2. The van der Waals surface area contributed by atoms with Crippen LogP contribution in [0.2, 0.25) is 0 Å². The van der Waals surface area contributed by atoms with Gasteiger partial charge in [0.1, 0.15) is 11.5 Å². The number of rotatable bonds is 8. The Morgan fingerprint density at radius 2 is 1.63 bits per heavy atom. The molecule has 0 aliphatic carbocycles. The van der Waals surface area contributed by atoms with Crippen LogP contribution in [-0.4, -0.2) is 24.4 Å². The third kappa shape index (κ3) is 5.72. The van der Waals surface area contributed by atoms with E-state index in [0.717, 1.165) is 40.6 Å². The molecule has 2 heterocycles. The van der Waals surface area contributed by atoms with E-state index in [0.29, 0.717) is 12.8 Å². The lowest BCUT2D eigenvalue weighted by Gasteiger charge is -2.22. The highest BCUT2D eigenvalue weighted by molar-refractivity contribution is 7.85. The molecular weight excluding hydrogens is 458 g/mol. The van der Waals surface area contributed by atoms with Gasteiger partial charge in [-0.05, 0) is 51.3 Å². The van der Waals surface area contributed by atoms with Gasteiger partial charge in [0.05, 0.1) is 11.2 Å². The van der Waals surface area contributed by atoms with Crippen LogP contribution in [0.3, 0.4) is 0 Å². The van der Waals surface area contributed by atoms with Crippen molar-refractivity contribution in [2.45, 2.75) is 45.4 Å². The number of hydrogen-bond donors (Lipinski definition) is 1. The Morgan fingerprint density at radius 3 is 2.31 bits per heavy atom. The van der Waals surface area contributed by atoms with E-state index in [-0.39, 0.29) is 11.2 Å². The van der Waals surface area contributed by atoms with E-state index in [4.69, 9.17) is 4.74 Å². The predicted octanol–water partition coefficient (Wildman–Crippen LogP) is 6.61. The summed E-state index contributed by atoms with van der Waals surface area (Å²) < 4.78 is 39.6. The van der Waals surface area contributed by atoms with Crippen LogP contribution in [0.4, 0.5) is 11.4 Å². The maximum absolute atomic E-state index is 11.3. The Hall–Kier alpha value is -3.22. The molecule has 5 nitrogen and oxygen atoms in total. The molecule has 0 spiro atoms. The Balaban J connectivity index is 1.77. The first-order valence-electron chi connectivity index (χ1n) is 11.9. The highest BCUT2D eigenvalue weighted by Gasteiger charge is 2.47. The fourth-order valence-electron chi connectivity index (χ4n) is 4.96. The van der Waals surface area contributed by atoms with Crippen LogP contribution in [0.25, 0.3) is 0 Å². The monoisotopic (exact) mass is 490 g/mol. The molecule has 0 aromatic heterocycles. The molecule has 6 heteroatoms. The van der Waals surface area contributed by atoms with E-state index in [1.807, 2.05) is 50.3 Å². The van der Waals surface area contributed by atoms with Gasteiger partial charge in [-0.25, -0.2) is 0 Å². The summed E-state index contributed by atoms with van der Waals surface area (Å²) in [7, 11) is -3.96. The van der Waals surface area contributed by atoms with E-state index in [1.54, 1.807) is 0 Å². The summed E-state index contributed by atoms with van der Waals surface area (Å²) in [6.07, 6.45) is 12.2. The molecule has 1 N–H and O–H groups in total. The molecule has 0 amide bonds. The second-order valence-electron chi connectivity index (χ2n) is 9.29. The molecule has 4 rings (SSSR count). The second kappa shape index (κ2) is 10.2. The van der Waals surface area contributed by atoms with Gasteiger partial charge in [-0.3, -0.25) is 4.55 Å². The zero-order valence-corrected chi connectivity index (χ0v) is 21.3. The molecule has 0 radical (unpaired) electrons. The van der Waals surface area contributed by atoms with Crippen LogP contribution in [-0.2, 0) is 20.3 Å². The third-order valence-electron chi connectivity index (χ3n) is 6.49. The van der Waals surface area contributed by atoms with Crippen LogP contribution in [0.5, 0.6) is 0 Å². The van der Waals surface area contributed by atoms with Gasteiger partial charge >= 0.3 is 0 Å². The number of para-hydroxylation sites is 2. The average Bonchev–Trinajstić information content (AvgIpc) is 3.05. The van der Waals surface area contributed by atoms with Crippen molar-refractivity contribution in [3.63, 3.8) is 0 Å². The lowest BCUT2D eigenvalue weighted by molar-refractivity contribution is 0.304. The van der Waals surface area contributed by atoms with Crippen molar-refractivity contribution in [1.82, 2.24) is 4.58 Å². The van der Waals surface area contributed by atoms with Crippen LogP contribution < -0.4 is 4.58 Å². The van der Waals surface area contributed by atoms with Crippen molar-refractivity contribution in [3.05, 3.63) is 108 Å². The Labute approximate surface area is 208 Å². The summed E-state index contributed by atoms with van der Waals surface area (Å²) in [5.74, 6) is 1.50. The smallest absolute Gasteiger partial charge is 0.264 e. The molecule has 0 saturated carbocycles. The summed E-state index contributed by atoms with van der Waals surface area (Å²) in [5.41, 5.74) is 5.28. The predicted molar refractivity (Wildman–Crippen MR) is 143 cm³/mol. The fraction of sp³-hybridized carbons (Fsp3) is 0.276. The summed E-state index contributed by atoms with van der Waals surface area (Å²) in [6, 6.07) is 18.7. The number of nitrogens with zero attached hydrogens (tertiary/aromatic N) is 1. The molecule has 2 aromatic carbocycles. The van der Waals surface area contributed by atoms with E-state index >= 15 is 0 Å². The molecular formula is C29H32NO4S+. The largest absolute Gasteiger partial charge is 0.467 e. The van der Waals surface area contributed by atoms with E-state index < -0.39 is 10.1 Å². The standard InChI is InChI=1S/C29H31NO4S/c1-22-20-24(21-23(2)34-22)12-11-17-28-29(3,18-9-10-19-35(31,32)33)26-15-7-8-16-27(26)30(28)25-13-5-4-6-14-25/h4-8,11-17,20-21H,9-10,18-19H2,1-3H3/p+1/b17-11+. The van der Waals surface area contributed by atoms with Crippen molar-refractivity contribution in [2.24, 2.45) is 0 Å². The minimum atomic E-state index is -3.96. The van der Waals surface area contributed by atoms with Crippen molar-refractivity contribution in [1.29, 1.82) is 0 Å². The van der Waals surface area contributed by atoms with Gasteiger partial charge in [-0.1, -0.05) is 55.0 Å². The van der Waals surface area contributed by atoms with Crippen molar-refractivity contribution < 1.29 is 17.7 Å². The molecule has 0 bridgehead atoms. The Morgan fingerprint density at radius 1 is 0.971 bits per heavy atom. The first kappa shape index (κ1) is 24.9. The van der Waals surface area contributed by atoms with Crippen LogP contribution in [0.1, 0.15) is 45.6 Å². The van der Waals surface area contributed by atoms with Gasteiger partial charge in [0.25, 0.3) is 10.1 Å². The summed E-state index contributed by atoms with van der Waals surface area (Å²) in [6.45, 7) is 6.10. The molecule has 2 aliphatic heterocycles. The fourth-order valence-corrected chi connectivity index (χ4v) is 5.53. The third-order valence-corrected chi connectivity index (χ3v) is 7.30. The molecule has 182 valence electrons. The van der Waals surface area contributed by atoms with Gasteiger partial charge in [0.2, 0.25) is 11.4 Å². The topological polar surface area (TPSA) is 66.6 Å². The average molecular weight is 491 g/mol. The SMILES string of the molecule is CC1=CC(=C/C=C/C2=[N+](c3ccccc3)c3ccccc3C2(C)CCCCS(=O)(=O)O)C=C(C)O1. The number of fused-ring (bicyclic) bond motifs is 1. The zero-order valence-electron chi connectivity index (χ0n) is 20.4. The van der Waals surface area contributed by atoms with Crippen LogP contribution >= 0.6 is 0 Å². The minimum Gasteiger partial charge on any atom is -0.467 e. The van der Waals surface area contributed by atoms with Crippen molar-refractivity contribution in [3.8, 4) is 0 Å². The molecule has 2 aromatic rings. The molecule has 0 fully saturated rings. The summed E-state index contributed by atoms with van der Waals surface area (Å²) in [4.78, 5) is 0. The molecule has 2 aliphatic rings. The molecule has 35 heavy (non-hydrogen) atoms. The Kier molecular flexibility index (Phi) is 7.24. The van der Waals surface area contributed by atoms with Gasteiger partial charge in [-0.2, -0.15) is 13.0 Å². The number of benzene rings is 2. The lowest BCUT2D eigenvalue weighted by atomic mass is 9.75. The van der Waals surface area contributed by atoms with Crippen molar-refractivity contribution >= 4 is 27.2 Å². The van der Waals surface area contributed by atoms with Crippen LogP contribution in [0, 0.1) is 0 Å². The number of hydrogen-bond acceptors (Lipinski definition) is 3. The first-order valence-corrected chi connectivity index (χ1v) is 13.5. The van der Waals surface area contributed by atoms with Crippen molar-refractivity contribution in [2.75, 3.05) is 5.75 Å². The summed E-state index contributed by atoms with van der Waals surface area (Å²) in [5, 5.41) is 0. The maximum Gasteiger partial charge on any atom is 0.264 e. The summed E-state index contributed by atoms with van der Waals surface area (Å²) >= 11 is 0. The zero-order chi connectivity index (χ0) is 25.1. The minimum absolute atomic E-state index is 0.218. The molecule has 1 unspecified atom stereocenters. The van der Waals surface area contributed by atoms with E-state index in [1.165, 1.54) is 5.56 Å². The quantitative estimate of drug-likeness (QED) is 0.257. The van der Waals surface area contributed by atoms with E-state index in [2.05, 4.69) is 60.1 Å².